The highest BCUT2D eigenvalue weighted by atomic mass is 16.5. The maximum atomic E-state index is 12.9. The lowest BCUT2D eigenvalue weighted by Gasteiger charge is -2.15. The summed E-state index contributed by atoms with van der Waals surface area (Å²) in [5.74, 6) is 1.27. The van der Waals surface area contributed by atoms with Crippen molar-refractivity contribution in [3.63, 3.8) is 0 Å². The molecule has 0 radical (unpaired) electrons. The van der Waals surface area contributed by atoms with Crippen LogP contribution in [-0.4, -0.2) is 21.9 Å². The van der Waals surface area contributed by atoms with Crippen LogP contribution >= 0.6 is 0 Å². The monoisotopic (exact) mass is 336 g/mol. The lowest BCUT2D eigenvalue weighted by atomic mass is 10.1. The summed E-state index contributed by atoms with van der Waals surface area (Å²) in [6.45, 7) is 6.05. The molecule has 1 aromatic heterocycles. The predicted molar refractivity (Wildman–Crippen MR) is 97.5 cm³/mol. The van der Waals surface area contributed by atoms with Crippen LogP contribution in [0.25, 0.3) is 10.9 Å². The second-order valence-corrected chi connectivity index (χ2v) is 5.88. The third-order valence-corrected chi connectivity index (χ3v) is 4.15. The molecule has 5 nitrogen and oxygen atoms in total. The first-order valence-electron chi connectivity index (χ1n) is 8.24. The lowest BCUT2D eigenvalue weighted by molar-refractivity contribution is 0.101. The van der Waals surface area contributed by atoms with Gasteiger partial charge in [-0.1, -0.05) is 12.1 Å². The number of hydrogen-bond donors (Lipinski definition) is 0. The summed E-state index contributed by atoms with van der Waals surface area (Å²) in [6, 6.07) is 12.6. The standard InChI is InChI=1S/C20H20N2O3/c1-4-25-19-10-9-15(13(2)23)11-16(19)12-22-14(3)21-18-8-6-5-7-17(18)20(22)24/h5-11H,4,12H2,1-3H3. The Bertz CT molecular complexity index is 1010. The van der Waals surface area contributed by atoms with Gasteiger partial charge in [-0.2, -0.15) is 0 Å². The van der Waals surface area contributed by atoms with E-state index in [1.165, 1.54) is 6.92 Å². The number of fused-ring (bicyclic) bond motifs is 1. The van der Waals surface area contributed by atoms with Gasteiger partial charge in [0.15, 0.2) is 5.78 Å². The van der Waals surface area contributed by atoms with Gasteiger partial charge in [-0.05, 0) is 51.1 Å². The number of ether oxygens (including phenoxy) is 1. The Morgan fingerprint density at radius 2 is 1.96 bits per heavy atom. The quantitative estimate of drug-likeness (QED) is 0.670. The van der Waals surface area contributed by atoms with Gasteiger partial charge >= 0.3 is 0 Å². The number of rotatable bonds is 5. The molecule has 0 saturated carbocycles. The van der Waals surface area contributed by atoms with E-state index in [9.17, 15) is 9.59 Å². The maximum absolute atomic E-state index is 12.9. The highest BCUT2D eigenvalue weighted by molar-refractivity contribution is 5.94. The Kier molecular flexibility index (Phi) is 4.65. The first-order chi connectivity index (χ1) is 12.0. The van der Waals surface area contributed by atoms with Crippen LogP contribution in [0.4, 0.5) is 0 Å². The Morgan fingerprint density at radius 3 is 2.68 bits per heavy atom. The molecule has 128 valence electrons. The van der Waals surface area contributed by atoms with Gasteiger partial charge < -0.3 is 4.74 Å². The zero-order valence-electron chi connectivity index (χ0n) is 14.6. The third-order valence-electron chi connectivity index (χ3n) is 4.15. The van der Waals surface area contributed by atoms with Crippen molar-refractivity contribution in [2.24, 2.45) is 0 Å². The van der Waals surface area contributed by atoms with Crippen molar-refractivity contribution < 1.29 is 9.53 Å². The largest absolute Gasteiger partial charge is 0.494 e. The fourth-order valence-electron chi connectivity index (χ4n) is 2.85. The van der Waals surface area contributed by atoms with Crippen molar-refractivity contribution in [3.8, 4) is 5.75 Å². The van der Waals surface area contributed by atoms with Crippen LogP contribution in [0.5, 0.6) is 5.75 Å². The number of ketones is 1. The minimum atomic E-state index is -0.0984. The van der Waals surface area contributed by atoms with Crippen molar-refractivity contribution in [1.82, 2.24) is 9.55 Å². The Morgan fingerprint density at radius 1 is 1.20 bits per heavy atom. The van der Waals surface area contributed by atoms with Crippen LogP contribution in [0.2, 0.25) is 0 Å². The van der Waals surface area contributed by atoms with E-state index >= 15 is 0 Å². The average molecular weight is 336 g/mol. The normalized spacial score (nSPS) is 10.8. The first kappa shape index (κ1) is 16.9. The van der Waals surface area contributed by atoms with Gasteiger partial charge in [0.25, 0.3) is 5.56 Å². The van der Waals surface area contributed by atoms with Crippen LogP contribution in [0.15, 0.2) is 47.3 Å². The molecule has 0 N–H and O–H groups in total. The summed E-state index contributed by atoms with van der Waals surface area (Å²) in [4.78, 5) is 29.1. The van der Waals surface area contributed by atoms with Crippen molar-refractivity contribution in [3.05, 3.63) is 69.8 Å². The minimum Gasteiger partial charge on any atom is -0.494 e. The molecule has 0 bridgehead atoms. The van der Waals surface area contributed by atoms with E-state index in [0.29, 0.717) is 41.2 Å². The zero-order chi connectivity index (χ0) is 18.0. The van der Waals surface area contributed by atoms with Gasteiger partial charge in [0.1, 0.15) is 11.6 Å². The van der Waals surface area contributed by atoms with Gasteiger partial charge in [0, 0.05) is 11.1 Å². The molecule has 0 spiro atoms. The number of hydrogen-bond acceptors (Lipinski definition) is 4. The van der Waals surface area contributed by atoms with Crippen molar-refractivity contribution in [2.45, 2.75) is 27.3 Å². The molecular weight excluding hydrogens is 316 g/mol. The fraction of sp³-hybridized carbons (Fsp3) is 0.250. The van der Waals surface area contributed by atoms with Crippen LogP contribution in [0.1, 0.15) is 35.6 Å². The molecule has 0 aliphatic heterocycles. The first-order valence-corrected chi connectivity index (χ1v) is 8.24. The average Bonchev–Trinajstić information content (AvgIpc) is 2.59. The van der Waals surface area contributed by atoms with E-state index < -0.39 is 0 Å². The van der Waals surface area contributed by atoms with Crippen LogP contribution < -0.4 is 10.3 Å². The van der Waals surface area contributed by atoms with Crippen molar-refractivity contribution >= 4 is 16.7 Å². The number of nitrogens with zero attached hydrogens (tertiary/aromatic N) is 2. The molecular formula is C20H20N2O3. The van der Waals surface area contributed by atoms with Crippen LogP contribution in [0.3, 0.4) is 0 Å². The van der Waals surface area contributed by atoms with Gasteiger partial charge in [-0.3, -0.25) is 14.2 Å². The molecule has 3 aromatic rings. The van der Waals surface area contributed by atoms with E-state index in [1.807, 2.05) is 32.0 Å². The van der Waals surface area contributed by atoms with E-state index in [-0.39, 0.29) is 11.3 Å². The lowest BCUT2D eigenvalue weighted by Crippen LogP contribution is -2.24. The second-order valence-electron chi connectivity index (χ2n) is 5.88. The maximum Gasteiger partial charge on any atom is 0.261 e. The molecule has 1 heterocycles. The molecule has 0 unspecified atom stereocenters. The Labute approximate surface area is 145 Å². The molecule has 0 atom stereocenters. The number of benzene rings is 2. The second kappa shape index (κ2) is 6.89. The topological polar surface area (TPSA) is 61.2 Å². The predicted octanol–water partition coefficient (Wildman–Crippen LogP) is 3.35. The number of aromatic nitrogens is 2. The molecule has 0 fully saturated rings. The van der Waals surface area contributed by atoms with E-state index in [0.717, 1.165) is 5.56 Å². The van der Waals surface area contributed by atoms with Gasteiger partial charge in [0.05, 0.1) is 24.1 Å². The molecule has 0 aliphatic rings. The highest BCUT2D eigenvalue weighted by Crippen LogP contribution is 2.22. The molecule has 3 rings (SSSR count). The van der Waals surface area contributed by atoms with Gasteiger partial charge in [-0.25, -0.2) is 4.98 Å². The van der Waals surface area contributed by atoms with E-state index in [4.69, 9.17) is 4.74 Å². The van der Waals surface area contributed by atoms with Gasteiger partial charge in [0.2, 0.25) is 0 Å². The fourth-order valence-corrected chi connectivity index (χ4v) is 2.85. The Balaban J connectivity index is 2.13. The number of carbonyl (C=O) groups excluding carboxylic acids is 1. The number of Topliss-reactive ketones (excluding diaryl/α,β-unsaturated/α-hetero) is 1. The molecule has 0 amide bonds. The number of aryl methyl sites for hydroxylation is 1. The summed E-state index contributed by atoms with van der Waals surface area (Å²) < 4.78 is 7.28. The minimum absolute atomic E-state index is 0.0231. The Hall–Kier alpha value is -2.95. The SMILES string of the molecule is CCOc1ccc(C(C)=O)cc1Cn1c(C)nc2ccccc2c1=O. The highest BCUT2D eigenvalue weighted by Gasteiger charge is 2.13. The van der Waals surface area contributed by atoms with E-state index in [2.05, 4.69) is 4.98 Å². The van der Waals surface area contributed by atoms with Crippen LogP contribution in [0, 0.1) is 6.92 Å². The molecule has 2 aromatic carbocycles. The van der Waals surface area contributed by atoms with Gasteiger partial charge in [-0.15, -0.1) is 0 Å². The summed E-state index contributed by atoms with van der Waals surface area (Å²) in [5, 5.41) is 0.578. The zero-order valence-corrected chi connectivity index (χ0v) is 14.6. The third kappa shape index (κ3) is 3.31. The van der Waals surface area contributed by atoms with Crippen molar-refractivity contribution in [2.75, 3.05) is 6.61 Å². The molecule has 25 heavy (non-hydrogen) atoms. The summed E-state index contributed by atoms with van der Waals surface area (Å²) in [5.41, 5.74) is 1.97. The summed E-state index contributed by atoms with van der Waals surface area (Å²) in [6.07, 6.45) is 0. The number of para-hydroxylation sites is 1. The molecule has 5 heteroatoms. The summed E-state index contributed by atoms with van der Waals surface area (Å²) >= 11 is 0. The smallest absolute Gasteiger partial charge is 0.261 e. The van der Waals surface area contributed by atoms with E-state index in [1.54, 1.807) is 28.8 Å². The van der Waals surface area contributed by atoms with Crippen molar-refractivity contribution in [1.29, 1.82) is 0 Å². The molecule has 0 aliphatic carbocycles. The number of carbonyl (C=O) groups is 1. The molecule has 0 saturated heterocycles. The summed E-state index contributed by atoms with van der Waals surface area (Å²) in [7, 11) is 0. The van der Waals surface area contributed by atoms with Crippen LogP contribution in [-0.2, 0) is 6.54 Å².